The maximum Gasteiger partial charge on any atom is 0.181 e. The average Bonchev–Trinajstić information content (AvgIpc) is 3.08. The fraction of sp³-hybridized carbons (Fsp3) is 0.308. The zero-order chi connectivity index (χ0) is 12.5. The first kappa shape index (κ1) is 11.9. The fourth-order valence-electron chi connectivity index (χ4n) is 1.81. The van der Waals surface area contributed by atoms with E-state index in [0.717, 1.165) is 10.2 Å². The minimum Gasteiger partial charge on any atom is -0.443 e. The Morgan fingerprint density at radius 3 is 3.06 bits per heavy atom. The molecule has 1 aromatic heterocycles. The van der Waals surface area contributed by atoms with E-state index in [4.69, 9.17) is 4.42 Å². The van der Waals surface area contributed by atoms with E-state index in [0.29, 0.717) is 23.9 Å². The van der Waals surface area contributed by atoms with Gasteiger partial charge in [-0.1, -0.05) is 15.9 Å². The lowest BCUT2D eigenvalue weighted by molar-refractivity contribution is 0.558. The summed E-state index contributed by atoms with van der Waals surface area (Å²) in [7, 11) is 0. The molecule has 18 heavy (non-hydrogen) atoms. The first-order valence-corrected chi connectivity index (χ1v) is 6.64. The summed E-state index contributed by atoms with van der Waals surface area (Å²) in [6.45, 7) is 0.614. The molecule has 5 heteroatoms. The summed E-state index contributed by atoms with van der Waals surface area (Å²) < 4.78 is 19.9. The van der Waals surface area contributed by atoms with Crippen LogP contribution in [0.5, 0.6) is 0 Å². The summed E-state index contributed by atoms with van der Waals surface area (Å²) >= 11 is 3.33. The average molecular weight is 311 g/mol. The van der Waals surface area contributed by atoms with E-state index < -0.39 is 0 Å². The zero-order valence-electron chi connectivity index (χ0n) is 9.62. The Bertz CT molecular complexity index is 566. The van der Waals surface area contributed by atoms with Gasteiger partial charge in [-0.3, -0.25) is 0 Å². The topological polar surface area (TPSA) is 38.1 Å². The third-order valence-corrected chi connectivity index (χ3v) is 3.44. The van der Waals surface area contributed by atoms with Crippen molar-refractivity contribution < 1.29 is 8.81 Å². The van der Waals surface area contributed by atoms with E-state index >= 15 is 0 Å². The zero-order valence-corrected chi connectivity index (χ0v) is 11.2. The van der Waals surface area contributed by atoms with E-state index in [1.165, 1.54) is 25.3 Å². The lowest BCUT2D eigenvalue weighted by atomic mass is 10.1. The second-order valence-corrected chi connectivity index (χ2v) is 5.32. The molecular formula is C13H12BrFN2O. The molecular weight excluding hydrogens is 299 g/mol. The number of benzene rings is 1. The van der Waals surface area contributed by atoms with Crippen LogP contribution in [-0.2, 0) is 6.54 Å². The van der Waals surface area contributed by atoms with Crippen molar-refractivity contribution in [3.8, 4) is 11.3 Å². The van der Waals surface area contributed by atoms with Gasteiger partial charge >= 0.3 is 0 Å². The molecule has 1 fully saturated rings. The minimum absolute atomic E-state index is 0.303. The Morgan fingerprint density at radius 1 is 1.44 bits per heavy atom. The first-order chi connectivity index (χ1) is 8.74. The summed E-state index contributed by atoms with van der Waals surface area (Å²) in [6.07, 6.45) is 3.77. The van der Waals surface area contributed by atoms with Crippen molar-refractivity contribution in [2.75, 3.05) is 0 Å². The number of rotatable bonds is 4. The predicted molar refractivity (Wildman–Crippen MR) is 69.5 cm³/mol. The molecule has 1 aliphatic carbocycles. The Balaban J connectivity index is 1.90. The van der Waals surface area contributed by atoms with E-state index in [9.17, 15) is 4.39 Å². The Morgan fingerprint density at radius 2 is 2.28 bits per heavy atom. The van der Waals surface area contributed by atoms with Gasteiger partial charge in [0.15, 0.2) is 12.2 Å². The van der Waals surface area contributed by atoms with Gasteiger partial charge in [-0.15, -0.1) is 0 Å². The van der Waals surface area contributed by atoms with Crippen LogP contribution in [0.3, 0.4) is 0 Å². The minimum atomic E-state index is -0.303. The van der Waals surface area contributed by atoms with Crippen LogP contribution in [0.4, 0.5) is 4.39 Å². The molecule has 3 nitrogen and oxygen atoms in total. The molecule has 0 unspecified atom stereocenters. The van der Waals surface area contributed by atoms with Crippen LogP contribution in [0.15, 0.2) is 33.5 Å². The number of nitrogens with zero attached hydrogens (tertiary/aromatic N) is 1. The van der Waals surface area contributed by atoms with Crippen LogP contribution in [0, 0.1) is 5.82 Å². The van der Waals surface area contributed by atoms with E-state index in [-0.39, 0.29) is 5.82 Å². The van der Waals surface area contributed by atoms with Gasteiger partial charge in [0, 0.05) is 17.1 Å². The highest BCUT2D eigenvalue weighted by molar-refractivity contribution is 9.10. The van der Waals surface area contributed by atoms with Crippen LogP contribution in [0.2, 0.25) is 0 Å². The van der Waals surface area contributed by atoms with Crippen LogP contribution < -0.4 is 5.32 Å². The first-order valence-electron chi connectivity index (χ1n) is 5.85. The molecule has 1 heterocycles. The molecule has 1 N–H and O–H groups in total. The smallest absolute Gasteiger partial charge is 0.181 e. The molecule has 94 valence electrons. The second kappa shape index (κ2) is 4.82. The lowest BCUT2D eigenvalue weighted by Gasteiger charge is -2.04. The van der Waals surface area contributed by atoms with Gasteiger partial charge in [0.2, 0.25) is 0 Å². The molecule has 1 aromatic carbocycles. The predicted octanol–water partition coefficient (Wildman–Crippen LogP) is 3.50. The molecule has 0 spiro atoms. The summed E-state index contributed by atoms with van der Waals surface area (Å²) in [6, 6.07) is 5.37. The van der Waals surface area contributed by atoms with Crippen LogP contribution in [0.25, 0.3) is 11.3 Å². The molecule has 0 atom stereocenters. The molecule has 2 aromatic rings. The summed E-state index contributed by atoms with van der Waals surface area (Å²) in [5.41, 5.74) is 1.19. The van der Waals surface area contributed by atoms with Crippen molar-refractivity contribution >= 4 is 15.9 Å². The highest BCUT2D eigenvalue weighted by atomic mass is 79.9. The number of nitrogens with one attached hydrogen (secondary N) is 1. The van der Waals surface area contributed by atoms with Crippen LogP contribution in [0.1, 0.15) is 18.5 Å². The van der Waals surface area contributed by atoms with Crippen molar-refractivity contribution in [3.05, 3.63) is 40.6 Å². The number of aromatic nitrogens is 1. The van der Waals surface area contributed by atoms with Crippen LogP contribution >= 0.6 is 15.9 Å². The summed E-state index contributed by atoms with van der Waals surface area (Å²) in [5, 5.41) is 3.35. The van der Waals surface area contributed by atoms with Crippen molar-refractivity contribution in [3.63, 3.8) is 0 Å². The Labute approximate surface area is 113 Å². The van der Waals surface area contributed by atoms with E-state index in [1.54, 1.807) is 12.1 Å². The van der Waals surface area contributed by atoms with Crippen molar-refractivity contribution in [1.82, 2.24) is 10.3 Å². The highest BCUT2D eigenvalue weighted by Crippen LogP contribution is 2.29. The van der Waals surface area contributed by atoms with Gasteiger partial charge in [0.25, 0.3) is 0 Å². The number of halogens is 2. The maximum atomic E-state index is 13.8. The summed E-state index contributed by atoms with van der Waals surface area (Å²) in [5.74, 6) is 0.199. The quantitative estimate of drug-likeness (QED) is 0.939. The fourth-order valence-corrected chi connectivity index (χ4v) is 2.18. The molecule has 3 rings (SSSR count). The monoisotopic (exact) mass is 310 g/mol. The Hall–Kier alpha value is -1.20. The van der Waals surface area contributed by atoms with Gasteiger partial charge in [-0.25, -0.2) is 9.37 Å². The SMILES string of the molecule is Fc1ccc(Br)cc1-c1ocnc1CNC1CC1. The third-order valence-electron chi connectivity index (χ3n) is 2.95. The standard InChI is InChI=1S/C13H12BrFN2O/c14-8-1-4-11(15)10(5-8)13-12(17-7-18-13)6-16-9-2-3-9/h1,4-5,7,9,16H,2-3,6H2. The van der Waals surface area contributed by atoms with E-state index in [2.05, 4.69) is 26.2 Å². The van der Waals surface area contributed by atoms with E-state index in [1.807, 2.05) is 0 Å². The number of oxazole rings is 1. The number of hydrogen-bond donors (Lipinski definition) is 1. The van der Waals surface area contributed by atoms with Gasteiger partial charge in [-0.2, -0.15) is 0 Å². The maximum absolute atomic E-state index is 13.8. The van der Waals surface area contributed by atoms with Gasteiger partial charge in [-0.05, 0) is 31.0 Å². The highest BCUT2D eigenvalue weighted by Gasteiger charge is 2.22. The van der Waals surface area contributed by atoms with Gasteiger partial charge < -0.3 is 9.73 Å². The molecule has 1 aliphatic rings. The largest absolute Gasteiger partial charge is 0.443 e. The molecule has 1 saturated carbocycles. The van der Waals surface area contributed by atoms with Crippen molar-refractivity contribution in [2.45, 2.75) is 25.4 Å². The molecule has 0 aliphatic heterocycles. The van der Waals surface area contributed by atoms with Crippen molar-refractivity contribution in [1.29, 1.82) is 0 Å². The third kappa shape index (κ3) is 2.47. The van der Waals surface area contributed by atoms with Gasteiger partial charge in [0.05, 0.1) is 5.56 Å². The summed E-state index contributed by atoms with van der Waals surface area (Å²) in [4.78, 5) is 4.15. The lowest BCUT2D eigenvalue weighted by Crippen LogP contribution is -2.16. The molecule has 0 saturated heterocycles. The van der Waals surface area contributed by atoms with Gasteiger partial charge in [0.1, 0.15) is 11.5 Å². The van der Waals surface area contributed by atoms with Crippen molar-refractivity contribution in [2.24, 2.45) is 0 Å². The molecule has 0 amide bonds. The van der Waals surface area contributed by atoms with Crippen LogP contribution in [-0.4, -0.2) is 11.0 Å². The Kier molecular flexibility index (Phi) is 3.18. The molecule has 0 radical (unpaired) electrons. The normalized spacial score (nSPS) is 15.0. The number of hydrogen-bond acceptors (Lipinski definition) is 3. The second-order valence-electron chi connectivity index (χ2n) is 4.41. The molecule has 0 bridgehead atoms.